The van der Waals surface area contributed by atoms with Crippen molar-refractivity contribution in [3.8, 4) is 0 Å². The quantitative estimate of drug-likeness (QED) is 0.868. The maximum atomic E-state index is 12.6. The number of hydrogen-bond donors (Lipinski definition) is 1. The number of carbonyl (C=O) groups excluding carboxylic acids is 2. The Balaban J connectivity index is 1.95. The van der Waals surface area contributed by atoms with Gasteiger partial charge in [-0.05, 0) is 55.3 Å². The van der Waals surface area contributed by atoms with Crippen LogP contribution in [0.3, 0.4) is 0 Å². The van der Waals surface area contributed by atoms with Gasteiger partial charge in [0.25, 0.3) is 5.91 Å². The Bertz CT molecular complexity index is 998. The molecule has 0 bridgehead atoms. The van der Waals surface area contributed by atoms with Gasteiger partial charge in [0, 0.05) is 12.1 Å². The summed E-state index contributed by atoms with van der Waals surface area (Å²) in [5.74, 6) is -1.24. The third-order valence-corrected chi connectivity index (χ3v) is 6.01. The smallest absolute Gasteiger partial charge is 0.257 e. The van der Waals surface area contributed by atoms with Gasteiger partial charge < -0.3 is 5.32 Å². The second kappa shape index (κ2) is 6.74. The van der Waals surface area contributed by atoms with Gasteiger partial charge >= 0.3 is 0 Å². The largest absolute Gasteiger partial charge is 0.322 e. The van der Waals surface area contributed by atoms with Crippen LogP contribution in [0.1, 0.15) is 27.9 Å². The Morgan fingerprint density at radius 2 is 1.77 bits per heavy atom. The molecule has 0 aliphatic carbocycles. The van der Waals surface area contributed by atoms with Gasteiger partial charge in [-0.25, -0.2) is 12.7 Å². The zero-order chi connectivity index (χ0) is 19.1. The lowest BCUT2D eigenvalue weighted by Gasteiger charge is -2.16. The van der Waals surface area contributed by atoms with Gasteiger partial charge in [-0.2, -0.15) is 0 Å². The third-order valence-electron chi connectivity index (χ3n) is 3.99. The summed E-state index contributed by atoms with van der Waals surface area (Å²) >= 11 is 6.12. The molecule has 1 saturated heterocycles. The van der Waals surface area contributed by atoms with E-state index in [-0.39, 0.29) is 28.4 Å². The Hall–Kier alpha value is -2.38. The van der Waals surface area contributed by atoms with Crippen molar-refractivity contribution in [2.45, 2.75) is 20.3 Å². The van der Waals surface area contributed by atoms with Crippen molar-refractivity contribution in [2.24, 2.45) is 0 Å². The number of anilines is 2. The second-order valence-electron chi connectivity index (χ2n) is 6.22. The molecule has 0 spiro atoms. The number of halogens is 1. The van der Waals surface area contributed by atoms with Crippen molar-refractivity contribution in [3.63, 3.8) is 0 Å². The van der Waals surface area contributed by atoms with E-state index in [0.29, 0.717) is 5.69 Å². The molecule has 1 heterocycles. The molecule has 1 N–H and O–H groups in total. The zero-order valence-electron chi connectivity index (χ0n) is 14.2. The third kappa shape index (κ3) is 3.59. The van der Waals surface area contributed by atoms with E-state index in [1.165, 1.54) is 18.2 Å². The first kappa shape index (κ1) is 18.4. The van der Waals surface area contributed by atoms with E-state index < -0.39 is 21.8 Å². The SMILES string of the molecule is Cc1cc(C)cc(NC(=O)c2cc(N3C(=O)CCS3(=O)=O)ccc2Cl)c1. The highest BCUT2D eigenvalue weighted by atomic mass is 35.5. The predicted molar refractivity (Wildman–Crippen MR) is 101 cm³/mol. The summed E-state index contributed by atoms with van der Waals surface area (Å²) in [4.78, 5) is 24.6. The van der Waals surface area contributed by atoms with Crippen LogP contribution in [-0.2, 0) is 14.8 Å². The maximum absolute atomic E-state index is 12.6. The molecule has 1 fully saturated rings. The van der Waals surface area contributed by atoms with Gasteiger partial charge in [-0.15, -0.1) is 0 Å². The van der Waals surface area contributed by atoms with E-state index in [1.807, 2.05) is 32.0 Å². The lowest BCUT2D eigenvalue weighted by atomic mass is 10.1. The monoisotopic (exact) mass is 392 g/mol. The maximum Gasteiger partial charge on any atom is 0.257 e. The van der Waals surface area contributed by atoms with Gasteiger partial charge in [0.1, 0.15) is 0 Å². The molecule has 2 aromatic rings. The highest BCUT2D eigenvalue weighted by Crippen LogP contribution is 2.29. The van der Waals surface area contributed by atoms with Crippen LogP contribution in [0, 0.1) is 13.8 Å². The number of nitrogens with one attached hydrogen (secondary N) is 1. The van der Waals surface area contributed by atoms with E-state index in [4.69, 9.17) is 11.6 Å². The average Bonchev–Trinajstić information content (AvgIpc) is 2.80. The highest BCUT2D eigenvalue weighted by molar-refractivity contribution is 7.94. The molecule has 2 amide bonds. The van der Waals surface area contributed by atoms with Crippen LogP contribution in [0.4, 0.5) is 11.4 Å². The molecule has 0 unspecified atom stereocenters. The molecular weight excluding hydrogens is 376 g/mol. The second-order valence-corrected chi connectivity index (χ2v) is 8.56. The lowest BCUT2D eigenvalue weighted by molar-refractivity contribution is -0.116. The van der Waals surface area contributed by atoms with Crippen molar-refractivity contribution in [3.05, 3.63) is 58.1 Å². The molecule has 3 rings (SSSR count). The minimum absolute atomic E-state index is 0.0743. The van der Waals surface area contributed by atoms with Crippen LogP contribution in [-0.4, -0.2) is 26.0 Å². The first-order valence-corrected chi connectivity index (χ1v) is 9.91. The molecule has 136 valence electrons. The molecule has 6 nitrogen and oxygen atoms in total. The molecule has 0 atom stereocenters. The van der Waals surface area contributed by atoms with E-state index in [9.17, 15) is 18.0 Å². The standard InChI is InChI=1S/C18H17ClN2O4S/c1-11-7-12(2)9-13(8-11)20-18(23)15-10-14(3-4-16(15)19)21-17(22)5-6-26(21,24)25/h3-4,7-10H,5-6H2,1-2H3,(H,20,23). The summed E-state index contributed by atoms with van der Waals surface area (Å²) in [5, 5.41) is 2.92. The summed E-state index contributed by atoms with van der Waals surface area (Å²) in [6, 6.07) is 9.76. The molecule has 26 heavy (non-hydrogen) atoms. The van der Waals surface area contributed by atoms with Crippen molar-refractivity contribution in [1.82, 2.24) is 0 Å². The summed E-state index contributed by atoms with van der Waals surface area (Å²) in [6.07, 6.45) is -0.0743. The number of sulfonamides is 1. The van der Waals surface area contributed by atoms with Crippen LogP contribution in [0.15, 0.2) is 36.4 Å². The molecule has 8 heteroatoms. The van der Waals surface area contributed by atoms with E-state index in [0.717, 1.165) is 15.4 Å². The van der Waals surface area contributed by atoms with Gasteiger partial charge in [0.05, 0.1) is 22.0 Å². The number of hydrogen-bond acceptors (Lipinski definition) is 4. The van der Waals surface area contributed by atoms with Crippen LogP contribution < -0.4 is 9.62 Å². The summed E-state index contributed by atoms with van der Waals surface area (Å²) in [7, 11) is -3.71. The van der Waals surface area contributed by atoms with Crippen molar-refractivity contribution in [2.75, 3.05) is 15.4 Å². The fraction of sp³-hybridized carbons (Fsp3) is 0.222. The first-order valence-electron chi connectivity index (χ1n) is 7.92. The number of nitrogens with zero attached hydrogens (tertiary/aromatic N) is 1. The van der Waals surface area contributed by atoms with Gasteiger partial charge in [0.2, 0.25) is 15.9 Å². The molecule has 1 aliphatic heterocycles. The molecule has 0 saturated carbocycles. The van der Waals surface area contributed by atoms with Gasteiger partial charge in [-0.3, -0.25) is 9.59 Å². The van der Waals surface area contributed by atoms with E-state index >= 15 is 0 Å². The fourth-order valence-corrected chi connectivity index (χ4v) is 4.58. The molecule has 2 aromatic carbocycles. The van der Waals surface area contributed by atoms with Crippen LogP contribution in [0.2, 0.25) is 5.02 Å². The molecule has 1 aliphatic rings. The minimum Gasteiger partial charge on any atom is -0.322 e. The summed E-state index contributed by atoms with van der Waals surface area (Å²) < 4.78 is 24.9. The highest BCUT2D eigenvalue weighted by Gasteiger charge is 2.36. The molecule has 0 radical (unpaired) electrons. The Morgan fingerprint density at radius 3 is 2.35 bits per heavy atom. The predicted octanol–water partition coefficient (Wildman–Crippen LogP) is 3.28. The van der Waals surface area contributed by atoms with Crippen molar-refractivity contribution in [1.29, 1.82) is 0 Å². The molecular formula is C18H17ClN2O4S. The number of carbonyl (C=O) groups is 2. The van der Waals surface area contributed by atoms with Crippen LogP contribution in [0.25, 0.3) is 0 Å². The van der Waals surface area contributed by atoms with Crippen LogP contribution in [0.5, 0.6) is 0 Å². The number of rotatable bonds is 3. The van der Waals surface area contributed by atoms with E-state index in [1.54, 1.807) is 0 Å². The number of benzene rings is 2. The summed E-state index contributed by atoms with van der Waals surface area (Å²) in [6.45, 7) is 3.83. The van der Waals surface area contributed by atoms with Crippen LogP contribution >= 0.6 is 11.6 Å². The number of aryl methyl sites for hydroxylation is 2. The fourth-order valence-electron chi connectivity index (χ4n) is 2.93. The van der Waals surface area contributed by atoms with E-state index in [2.05, 4.69) is 5.32 Å². The Morgan fingerprint density at radius 1 is 1.12 bits per heavy atom. The molecule has 0 aromatic heterocycles. The normalized spacial score (nSPS) is 16.0. The zero-order valence-corrected chi connectivity index (χ0v) is 15.8. The van der Waals surface area contributed by atoms with Gasteiger partial charge in [0.15, 0.2) is 0 Å². The Labute approximate surface area is 156 Å². The Kier molecular flexibility index (Phi) is 4.77. The lowest BCUT2D eigenvalue weighted by Crippen LogP contribution is -2.29. The van der Waals surface area contributed by atoms with Crippen molar-refractivity contribution < 1.29 is 18.0 Å². The van der Waals surface area contributed by atoms with Gasteiger partial charge in [-0.1, -0.05) is 17.7 Å². The topological polar surface area (TPSA) is 83.6 Å². The minimum atomic E-state index is -3.71. The summed E-state index contributed by atoms with van der Waals surface area (Å²) in [5.41, 5.74) is 2.81. The number of amides is 2. The average molecular weight is 393 g/mol. The first-order chi connectivity index (χ1) is 12.2. The van der Waals surface area contributed by atoms with Crippen molar-refractivity contribution >= 4 is 44.8 Å².